The zero-order chi connectivity index (χ0) is 13.5. The summed E-state index contributed by atoms with van der Waals surface area (Å²) in [5.74, 6) is -0.111. The number of rotatable bonds is 5. The number of nitrogens with one attached hydrogen (secondary N) is 2. The SMILES string of the molecule is O=C(CNc1ccccc1)Nc1ccc(CO)cc1. The third-order valence-electron chi connectivity index (χ3n) is 2.65. The lowest BCUT2D eigenvalue weighted by Crippen LogP contribution is -2.21. The predicted molar refractivity (Wildman–Crippen MR) is 75.9 cm³/mol. The van der Waals surface area contributed by atoms with E-state index in [1.165, 1.54) is 0 Å². The van der Waals surface area contributed by atoms with Crippen LogP contribution in [0.15, 0.2) is 54.6 Å². The zero-order valence-corrected chi connectivity index (χ0v) is 10.5. The molecule has 0 atom stereocenters. The minimum absolute atomic E-state index is 0.00376. The number of hydrogen-bond donors (Lipinski definition) is 3. The van der Waals surface area contributed by atoms with Gasteiger partial charge in [0.1, 0.15) is 0 Å². The average molecular weight is 256 g/mol. The quantitative estimate of drug-likeness (QED) is 0.768. The highest BCUT2D eigenvalue weighted by Gasteiger charge is 2.02. The van der Waals surface area contributed by atoms with Crippen LogP contribution >= 0.6 is 0 Å². The van der Waals surface area contributed by atoms with E-state index in [0.717, 1.165) is 16.9 Å². The Morgan fingerprint density at radius 3 is 2.26 bits per heavy atom. The molecule has 98 valence electrons. The molecule has 4 heteroatoms. The van der Waals surface area contributed by atoms with Crippen LogP contribution in [0.4, 0.5) is 11.4 Å². The van der Waals surface area contributed by atoms with Gasteiger partial charge in [-0.15, -0.1) is 0 Å². The van der Waals surface area contributed by atoms with E-state index in [2.05, 4.69) is 10.6 Å². The standard InChI is InChI=1S/C15H16N2O2/c18-11-12-6-8-14(9-7-12)17-15(19)10-16-13-4-2-1-3-5-13/h1-9,16,18H,10-11H2,(H,17,19). The van der Waals surface area contributed by atoms with Gasteiger partial charge in [0.25, 0.3) is 0 Å². The Morgan fingerprint density at radius 2 is 1.63 bits per heavy atom. The molecular formula is C15H16N2O2. The molecule has 0 heterocycles. The van der Waals surface area contributed by atoms with Gasteiger partial charge in [-0.2, -0.15) is 0 Å². The number of amides is 1. The van der Waals surface area contributed by atoms with E-state index in [4.69, 9.17) is 5.11 Å². The van der Waals surface area contributed by atoms with Crippen LogP contribution in [0.2, 0.25) is 0 Å². The molecule has 1 amide bonds. The van der Waals surface area contributed by atoms with E-state index < -0.39 is 0 Å². The summed E-state index contributed by atoms with van der Waals surface area (Å²) in [5, 5.41) is 14.7. The maximum atomic E-state index is 11.7. The van der Waals surface area contributed by atoms with Gasteiger partial charge >= 0.3 is 0 Å². The van der Waals surface area contributed by atoms with E-state index in [1.54, 1.807) is 24.3 Å². The monoisotopic (exact) mass is 256 g/mol. The van der Waals surface area contributed by atoms with Gasteiger partial charge in [-0.1, -0.05) is 30.3 Å². The van der Waals surface area contributed by atoms with Gasteiger partial charge in [-0.3, -0.25) is 4.79 Å². The maximum absolute atomic E-state index is 11.7. The number of carbonyl (C=O) groups is 1. The van der Waals surface area contributed by atoms with Gasteiger partial charge in [-0.25, -0.2) is 0 Å². The number of aliphatic hydroxyl groups excluding tert-OH is 1. The molecule has 0 spiro atoms. The maximum Gasteiger partial charge on any atom is 0.243 e. The number of carbonyl (C=O) groups excluding carboxylic acids is 1. The zero-order valence-electron chi connectivity index (χ0n) is 10.5. The predicted octanol–water partition coefficient (Wildman–Crippen LogP) is 2.23. The third-order valence-corrected chi connectivity index (χ3v) is 2.65. The van der Waals surface area contributed by atoms with Crippen molar-refractivity contribution in [3.63, 3.8) is 0 Å². The fourth-order valence-electron chi connectivity index (χ4n) is 1.64. The van der Waals surface area contributed by atoms with Crippen LogP contribution in [0.25, 0.3) is 0 Å². The van der Waals surface area contributed by atoms with Crippen LogP contribution in [0.1, 0.15) is 5.56 Å². The molecule has 0 bridgehead atoms. The molecule has 0 aliphatic rings. The van der Waals surface area contributed by atoms with E-state index >= 15 is 0 Å². The molecule has 0 aliphatic carbocycles. The lowest BCUT2D eigenvalue weighted by atomic mass is 10.2. The van der Waals surface area contributed by atoms with Crippen molar-refractivity contribution in [2.45, 2.75) is 6.61 Å². The Balaban J connectivity index is 1.83. The number of hydrogen-bond acceptors (Lipinski definition) is 3. The molecule has 2 rings (SSSR count). The molecule has 3 N–H and O–H groups in total. The average Bonchev–Trinajstić information content (AvgIpc) is 2.47. The van der Waals surface area contributed by atoms with E-state index in [-0.39, 0.29) is 19.1 Å². The molecule has 0 radical (unpaired) electrons. The Hall–Kier alpha value is -2.33. The fraction of sp³-hybridized carbons (Fsp3) is 0.133. The molecule has 0 saturated heterocycles. The number of aliphatic hydroxyl groups is 1. The lowest BCUT2D eigenvalue weighted by molar-refractivity contribution is -0.114. The molecule has 0 aliphatic heterocycles. The fourth-order valence-corrected chi connectivity index (χ4v) is 1.64. The Kier molecular flexibility index (Phi) is 4.53. The summed E-state index contributed by atoms with van der Waals surface area (Å²) >= 11 is 0. The summed E-state index contributed by atoms with van der Waals surface area (Å²) in [4.78, 5) is 11.7. The van der Waals surface area contributed by atoms with Gasteiger partial charge in [0, 0.05) is 11.4 Å². The van der Waals surface area contributed by atoms with Crippen LogP contribution in [-0.4, -0.2) is 17.6 Å². The van der Waals surface area contributed by atoms with Crippen molar-refractivity contribution in [3.05, 3.63) is 60.2 Å². The number of para-hydroxylation sites is 1. The van der Waals surface area contributed by atoms with Crippen molar-refractivity contribution in [1.82, 2.24) is 0 Å². The summed E-state index contributed by atoms with van der Waals surface area (Å²) in [6.07, 6.45) is 0. The van der Waals surface area contributed by atoms with Crippen molar-refractivity contribution >= 4 is 17.3 Å². The largest absolute Gasteiger partial charge is 0.392 e. The second-order valence-electron chi connectivity index (χ2n) is 4.12. The van der Waals surface area contributed by atoms with E-state index in [1.807, 2.05) is 30.3 Å². The third kappa shape index (κ3) is 4.12. The van der Waals surface area contributed by atoms with Crippen molar-refractivity contribution in [3.8, 4) is 0 Å². The first-order valence-electron chi connectivity index (χ1n) is 6.06. The molecule has 19 heavy (non-hydrogen) atoms. The van der Waals surface area contributed by atoms with Gasteiger partial charge in [-0.05, 0) is 29.8 Å². The van der Waals surface area contributed by atoms with Gasteiger partial charge in [0.05, 0.1) is 13.2 Å². The normalized spacial score (nSPS) is 9.95. The van der Waals surface area contributed by atoms with Crippen LogP contribution in [0.3, 0.4) is 0 Å². The van der Waals surface area contributed by atoms with E-state index in [9.17, 15) is 4.79 Å². The van der Waals surface area contributed by atoms with Crippen molar-refractivity contribution < 1.29 is 9.90 Å². The van der Waals surface area contributed by atoms with Crippen molar-refractivity contribution in [1.29, 1.82) is 0 Å². The molecule has 0 unspecified atom stereocenters. The lowest BCUT2D eigenvalue weighted by Gasteiger charge is -2.08. The molecule has 2 aromatic carbocycles. The molecule has 4 nitrogen and oxygen atoms in total. The van der Waals surface area contributed by atoms with Crippen LogP contribution in [0, 0.1) is 0 Å². The Labute approximate surface area is 112 Å². The molecular weight excluding hydrogens is 240 g/mol. The first-order chi connectivity index (χ1) is 9.28. The summed E-state index contributed by atoms with van der Waals surface area (Å²) in [5.41, 5.74) is 2.45. The number of anilines is 2. The second-order valence-corrected chi connectivity index (χ2v) is 4.12. The van der Waals surface area contributed by atoms with Crippen LogP contribution in [-0.2, 0) is 11.4 Å². The van der Waals surface area contributed by atoms with Gasteiger partial charge < -0.3 is 15.7 Å². The topological polar surface area (TPSA) is 61.4 Å². The highest BCUT2D eigenvalue weighted by molar-refractivity contribution is 5.93. The molecule has 0 saturated carbocycles. The highest BCUT2D eigenvalue weighted by Crippen LogP contribution is 2.09. The first kappa shape index (κ1) is 13.1. The van der Waals surface area contributed by atoms with Crippen LogP contribution in [0.5, 0.6) is 0 Å². The summed E-state index contributed by atoms with van der Waals surface area (Å²) < 4.78 is 0. The minimum Gasteiger partial charge on any atom is -0.392 e. The highest BCUT2D eigenvalue weighted by atomic mass is 16.3. The van der Waals surface area contributed by atoms with Gasteiger partial charge in [0.15, 0.2) is 0 Å². The summed E-state index contributed by atoms with van der Waals surface area (Å²) in [6, 6.07) is 16.7. The summed E-state index contributed by atoms with van der Waals surface area (Å²) in [7, 11) is 0. The number of benzene rings is 2. The Bertz CT molecular complexity index is 524. The molecule has 0 aromatic heterocycles. The van der Waals surface area contributed by atoms with Crippen molar-refractivity contribution in [2.24, 2.45) is 0 Å². The Morgan fingerprint density at radius 1 is 0.947 bits per heavy atom. The van der Waals surface area contributed by atoms with Crippen LogP contribution < -0.4 is 10.6 Å². The molecule has 0 fully saturated rings. The first-order valence-corrected chi connectivity index (χ1v) is 6.06. The van der Waals surface area contributed by atoms with Crippen molar-refractivity contribution in [2.75, 3.05) is 17.2 Å². The van der Waals surface area contributed by atoms with Gasteiger partial charge in [0.2, 0.25) is 5.91 Å². The summed E-state index contributed by atoms with van der Waals surface area (Å²) in [6.45, 7) is 0.218. The second kappa shape index (κ2) is 6.56. The smallest absolute Gasteiger partial charge is 0.243 e. The van der Waals surface area contributed by atoms with E-state index in [0.29, 0.717) is 0 Å². The minimum atomic E-state index is -0.111. The molecule has 2 aromatic rings.